The van der Waals surface area contributed by atoms with Crippen LogP contribution in [0, 0.1) is 0 Å². The van der Waals surface area contributed by atoms with Crippen LogP contribution in [-0.4, -0.2) is 31.6 Å². The average molecular weight is 389 g/mol. The highest BCUT2D eigenvalue weighted by Crippen LogP contribution is 2.17. The monoisotopic (exact) mass is 388 g/mol. The molecule has 0 unspecified atom stereocenters. The highest BCUT2D eigenvalue weighted by molar-refractivity contribution is 6.30. The van der Waals surface area contributed by atoms with Gasteiger partial charge in [0.1, 0.15) is 0 Å². The number of anilines is 1. The summed E-state index contributed by atoms with van der Waals surface area (Å²) in [4.78, 5) is 26.4. The van der Waals surface area contributed by atoms with Crippen LogP contribution in [0.3, 0.4) is 0 Å². The van der Waals surface area contributed by atoms with Crippen LogP contribution in [0.2, 0.25) is 5.02 Å². The Morgan fingerprint density at radius 1 is 1.11 bits per heavy atom. The van der Waals surface area contributed by atoms with Gasteiger partial charge in [-0.1, -0.05) is 23.7 Å². The van der Waals surface area contributed by atoms with E-state index in [9.17, 15) is 9.59 Å². The van der Waals surface area contributed by atoms with Gasteiger partial charge in [0.05, 0.1) is 11.6 Å². The van der Waals surface area contributed by atoms with E-state index >= 15 is 0 Å². The number of carbonyl (C=O) groups is 2. The van der Waals surface area contributed by atoms with Gasteiger partial charge in [0.2, 0.25) is 0 Å². The summed E-state index contributed by atoms with van der Waals surface area (Å²) in [6.07, 6.45) is 0. The maximum absolute atomic E-state index is 12.1. The van der Waals surface area contributed by atoms with Gasteiger partial charge < -0.3 is 15.0 Å². The van der Waals surface area contributed by atoms with Gasteiger partial charge in [0.25, 0.3) is 5.91 Å². The molecule has 0 aliphatic heterocycles. The van der Waals surface area contributed by atoms with Crippen LogP contribution in [0.4, 0.5) is 5.69 Å². The van der Waals surface area contributed by atoms with Crippen LogP contribution in [0.15, 0.2) is 48.5 Å². The average Bonchev–Trinajstić information content (AvgIpc) is 2.67. The molecule has 0 aromatic heterocycles. The van der Waals surface area contributed by atoms with E-state index in [-0.39, 0.29) is 18.6 Å². The lowest BCUT2D eigenvalue weighted by Gasteiger charge is -2.21. The smallest absolute Gasteiger partial charge is 0.338 e. The van der Waals surface area contributed by atoms with Gasteiger partial charge in [-0.05, 0) is 62.7 Å². The van der Waals surface area contributed by atoms with E-state index in [0.717, 1.165) is 24.3 Å². The molecule has 0 heterocycles. The van der Waals surface area contributed by atoms with Crippen molar-refractivity contribution >= 4 is 29.2 Å². The molecule has 0 fully saturated rings. The van der Waals surface area contributed by atoms with Crippen LogP contribution >= 0.6 is 11.6 Å². The summed E-state index contributed by atoms with van der Waals surface area (Å²) in [6.45, 7) is 7.46. The summed E-state index contributed by atoms with van der Waals surface area (Å²) in [5.41, 5.74) is 2.35. The van der Waals surface area contributed by atoms with Gasteiger partial charge in [-0.25, -0.2) is 4.79 Å². The van der Waals surface area contributed by atoms with Crippen molar-refractivity contribution in [2.75, 3.05) is 24.6 Å². The van der Waals surface area contributed by atoms with Crippen molar-refractivity contribution in [2.45, 2.75) is 26.8 Å². The van der Waals surface area contributed by atoms with E-state index in [4.69, 9.17) is 16.3 Å². The van der Waals surface area contributed by atoms with E-state index in [2.05, 4.69) is 24.1 Å². The van der Waals surface area contributed by atoms with Crippen LogP contribution in [0.5, 0.6) is 0 Å². The van der Waals surface area contributed by atoms with Crippen molar-refractivity contribution < 1.29 is 14.3 Å². The lowest BCUT2D eigenvalue weighted by atomic mass is 10.1. The normalized spacial score (nSPS) is 11.6. The third-order valence-electron chi connectivity index (χ3n) is 4.29. The molecule has 2 aromatic carbocycles. The summed E-state index contributed by atoms with van der Waals surface area (Å²) in [5.74, 6) is -0.887. The highest BCUT2D eigenvalue weighted by atomic mass is 35.5. The first-order chi connectivity index (χ1) is 12.9. The molecule has 0 spiro atoms. The lowest BCUT2D eigenvalue weighted by Crippen LogP contribution is -2.31. The Labute approximate surface area is 165 Å². The van der Waals surface area contributed by atoms with Crippen LogP contribution in [-0.2, 0) is 9.53 Å². The molecule has 5 nitrogen and oxygen atoms in total. The molecule has 0 saturated carbocycles. The molecule has 1 amide bonds. The molecule has 2 aromatic rings. The molecule has 27 heavy (non-hydrogen) atoms. The van der Waals surface area contributed by atoms with E-state index in [1.807, 2.05) is 31.2 Å². The zero-order valence-electron chi connectivity index (χ0n) is 15.9. The van der Waals surface area contributed by atoms with Gasteiger partial charge >= 0.3 is 5.97 Å². The number of halogens is 1. The van der Waals surface area contributed by atoms with Gasteiger partial charge in [-0.2, -0.15) is 0 Å². The van der Waals surface area contributed by atoms with E-state index in [1.165, 1.54) is 0 Å². The first-order valence-corrected chi connectivity index (χ1v) is 9.39. The molecule has 0 aliphatic rings. The number of hydrogen-bond donors (Lipinski definition) is 1. The fraction of sp³-hybridized carbons (Fsp3) is 0.333. The van der Waals surface area contributed by atoms with Crippen LogP contribution in [0.25, 0.3) is 0 Å². The van der Waals surface area contributed by atoms with Gasteiger partial charge in [0, 0.05) is 23.8 Å². The number of nitrogens with one attached hydrogen (secondary N) is 1. The molecule has 6 heteroatoms. The third kappa shape index (κ3) is 6.00. The number of hydrogen-bond acceptors (Lipinski definition) is 4. The van der Waals surface area contributed by atoms with Crippen molar-refractivity contribution in [3.05, 3.63) is 64.7 Å². The fourth-order valence-electron chi connectivity index (χ4n) is 2.75. The molecule has 0 bridgehead atoms. The highest BCUT2D eigenvalue weighted by Gasteiger charge is 2.14. The van der Waals surface area contributed by atoms with Gasteiger partial charge in [0.15, 0.2) is 6.61 Å². The van der Waals surface area contributed by atoms with Gasteiger partial charge in [-0.3, -0.25) is 4.79 Å². The Hall–Kier alpha value is -2.53. The second-order valence-corrected chi connectivity index (χ2v) is 6.58. The maximum atomic E-state index is 12.1. The van der Waals surface area contributed by atoms with Gasteiger partial charge in [-0.15, -0.1) is 0 Å². The van der Waals surface area contributed by atoms with E-state index in [0.29, 0.717) is 10.6 Å². The molecule has 2 rings (SSSR count). The Morgan fingerprint density at radius 3 is 2.37 bits per heavy atom. The van der Waals surface area contributed by atoms with Crippen molar-refractivity contribution in [1.29, 1.82) is 0 Å². The van der Waals surface area contributed by atoms with Crippen molar-refractivity contribution in [1.82, 2.24) is 5.32 Å². The quantitative estimate of drug-likeness (QED) is 0.688. The van der Waals surface area contributed by atoms with E-state index in [1.54, 1.807) is 24.3 Å². The molecule has 1 atom stereocenters. The van der Waals surface area contributed by atoms with Crippen molar-refractivity contribution in [3.63, 3.8) is 0 Å². The standard InChI is InChI=1S/C21H25ClN2O3/c1-4-24(5-2)19-11-9-16(10-12-19)21(26)27-14-20(25)23-15(3)17-7-6-8-18(22)13-17/h6-13,15H,4-5,14H2,1-3H3,(H,23,25)/t15-/m1/s1. The lowest BCUT2D eigenvalue weighted by molar-refractivity contribution is -0.124. The number of rotatable bonds is 8. The van der Waals surface area contributed by atoms with Crippen LogP contribution in [0.1, 0.15) is 42.7 Å². The molecule has 0 aliphatic carbocycles. The second-order valence-electron chi connectivity index (χ2n) is 6.14. The minimum absolute atomic E-state index is 0.233. The summed E-state index contributed by atoms with van der Waals surface area (Å²) in [7, 11) is 0. The number of carbonyl (C=O) groups excluding carboxylic acids is 2. The minimum Gasteiger partial charge on any atom is -0.452 e. The SMILES string of the molecule is CCN(CC)c1ccc(C(=O)OCC(=O)N[C@H](C)c2cccc(Cl)c2)cc1. The maximum Gasteiger partial charge on any atom is 0.338 e. The number of nitrogens with zero attached hydrogens (tertiary/aromatic N) is 1. The molecular weight excluding hydrogens is 364 g/mol. The summed E-state index contributed by atoms with van der Waals surface area (Å²) in [6, 6.07) is 14.2. The largest absolute Gasteiger partial charge is 0.452 e. The molecule has 1 N–H and O–H groups in total. The Kier molecular flexibility index (Phi) is 7.67. The second kappa shape index (κ2) is 9.97. The first kappa shape index (κ1) is 20.8. The summed E-state index contributed by atoms with van der Waals surface area (Å²) in [5, 5.41) is 3.39. The Bertz CT molecular complexity index is 773. The van der Waals surface area contributed by atoms with E-state index < -0.39 is 5.97 Å². The number of benzene rings is 2. The van der Waals surface area contributed by atoms with Crippen molar-refractivity contribution in [3.8, 4) is 0 Å². The number of amides is 1. The summed E-state index contributed by atoms with van der Waals surface area (Å²) < 4.78 is 5.11. The molecule has 0 radical (unpaired) electrons. The Morgan fingerprint density at radius 2 is 1.78 bits per heavy atom. The number of ether oxygens (including phenoxy) is 1. The predicted molar refractivity (Wildman–Crippen MR) is 108 cm³/mol. The minimum atomic E-state index is -0.522. The fourth-order valence-corrected chi connectivity index (χ4v) is 2.95. The third-order valence-corrected chi connectivity index (χ3v) is 4.53. The molecule has 144 valence electrons. The Balaban J connectivity index is 1.86. The summed E-state index contributed by atoms with van der Waals surface area (Å²) >= 11 is 5.96. The topological polar surface area (TPSA) is 58.6 Å². The van der Waals surface area contributed by atoms with Crippen molar-refractivity contribution in [2.24, 2.45) is 0 Å². The van der Waals surface area contributed by atoms with Crippen LogP contribution < -0.4 is 10.2 Å². The molecular formula is C21H25ClN2O3. The number of esters is 1. The zero-order chi connectivity index (χ0) is 19.8. The molecule has 0 saturated heterocycles. The first-order valence-electron chi connectivity index (χ1n) is 9.01. The predicted octanol–water partition coefficient (Wildman–Crippen LogP) is 4.22. The zero-order valence-corrected chi connectivity index (χ0v) is 16.6.